The van der Waals surface area contributed by atoms with Crippen LogP contribution in [0.4, 0.5) is 5.82 Å². The van der Waals surface area contributed by atoms with Gasteiger partial charge in [-0.1, -0.05) is 37.3 Å². The molecular weight excluding hydrogens is 278 g/mol. The van der Waals surface area contributed by atoms with Gasteiger partial charge in [0.1, 0.15) is 5.82 Å². The second kappa shape index (κ2) is 7.54. The fraction of sp³-hybridized carbons (Fsp3) is 0.353. The van der Waals surface area contributed by atoms with E-state index in [1.807, 2.05) is 50.2 Å². The van der Waals surface area contributed by atoms with Crippen molar-refractivity contribution < 1.29 is 9.53 Å². The second-order valence-electron chi connectivity index (χ2n) is 5.07. The number of hydrogen-bond donors (Lipinski definition) is 0. The molecule has 116 valence electrons. The standard InChI is InChI=1S/C17H21N3O2/c1-4-20(12-13(2)17(21)22-3)15-10-11-18-16(19-15)14-8-6-5-7-9-14/h5-11,13H,4,12H2,1-3H3/t13-/m0/s1. The molecule has 1 heterocycles. The van der Waals surface area contributed by atoms with Crippen LogP contribution in [0.15, 0.2) is 42.6 Å². The van der Waals surface area contributed by atoms with E-state index < -0.39 is 0 Å². The topological polar surface area (TPSA) is 55.3 Å². The lowest BCUT2D eigenvalue weighted by atomic mass is 10.1. The average Bonchev–Trinajstić information content (AvgIpc) is 2.59. The van der Waals surface area contributed by atoms with Gasteiger partial charge >= 0.3 is 5.97 Å². The van der Waals surface area contributed by atoms with Crippen LogP contribution in [0.1, 0.15) is 13.8 Å². The number of aromatic nitrogens is 2. The number of nitrogens with zero attached hydrogens (tertiary/aromatic N) is 3. The van der Waals surface area contributed by atoms with Gasteiger partial charge in [-0.15, -0.1) is 0 Å². The Labute approximate surface area is 131 Å². The van der Waals surface area contributed by atoms with Crippen LogP contribution in [0.25, 0.3) is 11.4 Å². The van der Waals surface area contributed by atoms with E-state index in [0.717, 1.165) is 17.9 Å². The molecule has 5 nitrogen and oxygen atoms in total. The normalized spacial score (nSPS) is 11.8. The molecule has 0 fully saturated rings. The van der Waals surface area contributed by atoms with Gasteiger partial charge in [0.05, 0.1) is 13.0 Å². The summed E-state index contributed by atoms with van der Waals surface area (Å²) in [5.41, 5.74) is 0.974. The summed E-state index contributed by atoms with van der Waals surface area (Å²) in [6, 6.07) is 11.7. The fourth-order valence-electron chi connectivity index (χ4n) is 2.24. The van der Waals surface area contributed by atoms with E-state index in [-0.39, 0.29) is 11.9 Å². The highest BCUT2D eigenvalue weighted by Crippen LogP contribution is 2.19. The minimum Gasteiger partial charge on any atom is -0.469 e. The molecule has 0 spiro atoms. The highest BCUT2D eigenvalue weighted by atomic mass is 16.5. The van der Waals surface area contributed by atoms with Crippen molar-refractivity contribution in [3.05, 3.63) is 42.6 Å². The number of anilines is 1. The van der Waals surface area contributed by atoms with E-state index in [1.165, 1.54) is 7.11 Å². The number of hydrogen-bond acceptors (Lipinski definition) is 5. The highest BCUT2D eigenvalue weighted by Gasteiger charge is 2.18. The zero-order valence-corrected chi connectivity index (χ0v) is 13.2. The SMILES string of the molecule is CCN(C[C@H](C)C(=O)OC)c1ccnc(-c2ccccc2)n1. The molecule has 0 N–H and O–H groups in total. The molecule has 5 heteroatoms. The molecule has 0 radical (unpaired) electrons. The molecule has 0 aliphatic heterocycles. The zero-order valence-electron chi connectivity index (χ0n) is 13.2. The molecule has 0 saturated heterocycles. The molecule has 1 aromatic carbocycles. The van der Waals surface area contributed by atoms with Crippen molar-refractivity contribution in [2.24, 2.45) is 5.92 Å². The Morgan fingerprint density at radius 2 is 2.00 bits per heavy atom. The Balaban J connectivity index is 2.21. The Morgan fingerprint density at radius 3 is 2.64 bits per heavy atom. The van der Waals surface area contributed by atoms with Crippen LogP contribution in [0, 0.1) is 5.92 Å². The van der Waals surface area contributed by atoms with Gasteiger partial charge in [-0.2, -0.15) is 0 Å². The molecule has 0 amide bonds. The molecular formula is C17H21N3O2. The quantitative estimate of drug-likeness (QED) is 0.768. The maximum absolute atomic E-state index is 11.6. The molecule has 2 rings (SSSR count). The number of carbonyl (C=O) groups excluding carboxylic acids is 1. The minimum absolute atomic E-state index is 0.208. The van der Waals surface area contributed by atoms with Gasteiger partial charge in [-0.05, 0) is 13.0 Å². The predicted molar refractivity (Wildman–Crippen MR) is 86.5 cm³/mol. The number of ether oxygens (including phenoxy) is 1. The van der Waals surface area contributed by atoms with Crippen molar-refractivity contribution in [2.75, 3.05) is 25.1 Å². The van der Waals surface area contributed by atoms with Gasteiger partial charge in [-0.3, -0.25) is 4.79 Å². The average molecular weight is 299 g/mol. The van der Waals surface area contributed by atoms with Crippen molar-refractivity contribution in [1.29, 1.82) is 0 Å². The number of esters is 1. The maximum atomic E-state index is 11.6. The summed E-state index contributed by atoms with van der Waals surface area (Å²) in [5.74, 6) is 1.07. The van der Waals surface area contributed by atoms with Crippen LogP contribution in [0.2, 0.25) is 0 Å². The Hall–Kier alpha value is -2.43. The Bertz CT molecular complexity index is 616. The summed E-state index contributed by atoms with van der Waals surface area (Å²) in [6.07, 6.45) is 1.75. The smallest absolute Gasteiger partial charge is 0.310 e. The van der Waals surface area contributed by atoms with E-state index in [0.29, 0.717) is 12.4 Å². The number of benzene rings is 1. The molecule has 1 aromatic heterocycles. The van der Waals surface area contributed by atoms with E-state index in [2.05, 4.69) is 14.9 Å². The van der Waals surface area contributed by atoms with Crippen molar-refractivity contribution in [3.8, 4) is 11.4 Å². The fourth-order valence-corrected chi connectivity index (χ4v) is 2.24. The van der Waals surface area contributed by atoms with Crippen LogP contribution in [-0.4, -0.2) is 36.1 Å². The van der Waals surface area contributed by atoms with Crippen molar-refractivity contribution in [1.82, 2.24) is 9.97 Å². The van der Waals surface area contributed by atoms with Gasteiger partial charge in [-0.25, -0.2) is 9.97 Å². The molecule has 1 atom stereocenters. The summed E-state index contributed by atoms with van der Waals surface area (Å²) in [7, 11) is 1.41. The Morgan fingerprint density at radius 1 is 1.27 bits per heavy atom. The third-order valence-electron chi connectivity index (χ3n) is 3.48. The van der Waals surface area contributed by atoms with Gasteiger partial charge in [0.15, 0.2) is 5.82 Å². The van der Waals surface area contributed by atoms with E-state index in [9.17, 15) is 4.79 Å². The first kappa shape index (κ1) is 15.9. The van der Waals surface area contributed by atoms with Gasteiger partial charge < -0.3 is 9.64 Å². The predicted octanol–water partition coefficient (Wildman–Crippen LogP) is 2.78. The number of carbonyl (C=O) groups is 1. The summed E-state index contributed by atoms with van der Waals surface area (Å²) >= 11 is 0. The van der Waals surface area contributed by atoms with Gasteiger partial charge in [0.25, 0.3) is 0 Å². The van der Waals surface area contributed by atoms with E-state index in [4.69, 9.17) is 4.74 Å². The first-order valence-electron chi connectivity index (χ1n) is 7.37. The molecule has 0 aliphatic carbocycles. The zero-order chi connectivity index (χ0) is 15.9. The van der Waals surface area contributed by atoms with E-state index >= 15 is 0 Å². The molecule has 0 saturated carbocycles. The molecule has 0 bridgehead atoms. The third kappa shape index (κ3) is 3.81. The first-order valence-corrected chi connectivity index (χ1v) is 7.37. The molecule has 2 aromatic rings. The number of methoxy groups -OCH3 is 1. The minimum atomic E-state index is -0.212. The second-order valence-corrected chi connectivity index (χ2v) is 5.07. The summed E-state index contributed by atoms with van der Waals surface area (Å²) in [4.78, 5) is 22.6. The van der Waals surface area contributed by atoms with Crippen LogP contribution >= 0.6 is 0 Å². The monoisotopic (exact) mass is 299 g/mol. The van der Waals surface area contributed by atoms with Crippen LogP contribution < -0.4 is 4.90 Å². The van der Waals surface area contributed by atoms with Crippen LogP contribution in [0.5, 0.6) is 0 Å². The van der Waals surface area contributed by atoms with Crippen LogP contribution in [-0.2, 0) is 9.53 Å². The highest BCUT2D eigenvalue weighted by molar-refractivity contribution is 5.72. The maximum Gasteiger partial charge on any atom is 0.310 e. The molecule has 0 aliphatic rings. The largest absolute Gasteiger partial charge is 0.469 e. The lowest BCUT2D eigenvalue weighted by Crippen LogP contribution is -2.33. The van der Waals surface area contributed by atoms with Gasteiger partial charge in [0, 0.05) is 24.8 Å². The summed E-state index contributed by atoms with van der Waals surface area (Å²) in [5, 5.41) is 0. The van der Waals surface area contributed by atoms with Crippen LogP contribution in [0.3, 0.4) is 0 Å². The summed E-state index contributed by atoms with van der Waals surface area (Å²) in [6.45, 7) is 5.21. The van der Waals surface area contributed by atoms with E-state index in [1.54, 1.807) is 6.20 Å². The van der Waals surface area contributed by atoms with Crippen molar-refractivity contribution >= 4 is 11.8 Å². The third-order valence-corrected chi connectivity index (χ3v) is 3.48. The lowest BCUT2D eigenvalue weighted by Gasteiger charge is -2.24. The molecule has 22 heavy (non-hydrogen) atoms. The van der Waals surface area contributed by atoms with Crippen molar-refractivity contribution in [2.45, 2.75) is 13.8 Å². The molecule has 0 unspecified atom stereocenters. The Kier molecular flexibility index (Phi) is 5.47. The lowest BCUT2D eigenvalue weighted by molar-refractivity contribution is -0.144. The van der Waals surface area contributed by atoms with Crippen molar-refractivity contribution in [3.63, 3.8) is 0 Å². The van der Waals surface area contributed by atoms with Gasteiger partial charge in [0.2, 0.25) is 0 Å². The first-order chi connectivity index (χ1) is 10.7. The summed E-state index contributed by atoms with van der Waals surface area (Å²) < 4.78 is 4.79. The number of rotatable bonds is 6.